The summed E-state index contributed by atoms with van der Waals surface area (Å²) >= 11 is 0. The van der Waals surface area contributed by atoms with E-state index in [4.69, 9.17) is 6.57 Å². The number of halogens is 3. The van der Waals surface area contributed by atoms with Crippen LogP contribution in [0, 0.1) is 12.4 Å². The third-order valence-corrected chi connectivity index (χ3v) is 4.10. The molecule has 0 unspecified atom stereocenters. The van der Waals surface area contributed by atoms with Crippen molar-refractivity contribution in [1.82, 2.24) is 24.1 Å². The number of aromatic nitrogens is 5. The molecule has 0 atom stereocenters. The average molecular weight is 382 g/mol. The van der Waals surface area contributed by atoms with Crippen molar-refractivity contribution in [2.24, 2.45) is 0 Å². The highest BCUT2D eigenvalue weighted by Crippen LogP contribution is 2.32. The van der Waals surface area contributed by atoms with Crippen LogP contribution in [0.1, 0.15) is 6.92 Å². The molecule has 0 aliphatic heterocycles. The molecule has 3 aromatic heterocycles. The van der Waals surface area contributed by atoms with Gasteiger partial charge in [-0.15, -0.1) is 4.52 Å². The lowest BCUT2D eigenvalue weighted by atomic mass is 10.1. The van der Waals surface area contributed by atoms with E-state index in [9.17, 15) is 13.2 Å². The molecule has 0 aliphatic carbocycles. The van der Waals surface area contributed by atoms with Crippen molar-refractivity contribution in [3.8, 4) is 22.6 Å². The van der Waals surface area contributed by atoms with Gasteiger partial charge in [0.2, 0.25) is 5.65 Å². The fraction of sp³-hybridized carbons (Fsp3) is 0.158. The summed E-state index contributed by atoms with van der Waals surface area (Å²) in [5.41, 5.74) is 2.11. The highest BCUT2D eigenvalue weighted by Gasteiger charge is 2.26. The van der Waals surface area contributed by atoms with Gasteiger partial charge < -0.3 is 9.41 Å². The monoisotopic (exact) mass is 382 g/mol. The SMILES string of the molecule is [C-]#[N+]c1cnc2ccc(-c3c(-c4ccc(F)cc4)ncn3CC(C)(F)F)nn12. The maximum absolute atomic E-state index is 13.7. The van der Waals surface area contributed by atoms with Crippen molar-refractivity contribution in [3.63, 3.8) is 0 Å². The lowest BCUT2D eigenvalue weighted by Gasteiger charge is -2.14. The Labute approximate surface area is 157 Å². The average Bonchev–Trinajstić information content (AvgIpc) is 3.24. The van der Waals surface area contributed by atoms with Gasteiger partial charge in [0.15, 0.2) is 0 Å². The van der Waals surface area contributed by atoms with Crippen LogP contribution in [-0.2, 0) is 6.54 Å². The van der Waals surface area contributed by atoms with Crippen molar-refractivity contribution < 1.29 is 13.2 Å². The van der Waals surface area contributed by atoms with E-state index in [1.807, 2.05) is 0 Å². The number of hydrogen-bond acceptors (Lipinski definition) is 3. The fourth-order valence-electron chi connectivity index (χ4n) is 2.95. The minimum Gasteiger partial charge on any atom is -0.360 e. The molecule has 4 rings (SSSR count). The van der Waals surface area contributed by atoms with E-state index in [1.165, 1.54) is 45.9 Å². The maximum Gasteiger partial charge on any atom is 0.275 e. The van der Waals surface area contributed by atoms with E-state index in [-0.39, 0.29) is 5.82 Å². The number of nitrogens with zero attached hydrogens (tertiary/aromatic N) is 6. The van der Waals surface area contributed by atoms with Crippen LogP contribution < -0.4 is 0 Å². The topological polar surface area (TPSA) is 52.4 Å². The Morgan fingerprint density at radius 3 is 2.54 bits per heavy atom. The van der Waals surface area contributed by atoms with Crippen LogP contribution in [0.15, 0.2) is 48.9 Å². The lowest BCUT2D eigenvalue weighted by Crippen LogP contribution is -2.19. The zero-order valence-electron chi connectivity index (χ0n) is 14.6. The number of imidazole rings is 2. The van der Waals surface area contributed by atoms with Crippen molar-refractivity contribution in [3.05, 3.63) is 66.2 Å². The van der Waals surface area contributed by atoms with E-state index >= 15 is 0 Å². The molecule has 0 saturated heterocycles. The first-order valence-corrected chi connectivity index (χ1v) is 8.27. The summed E-state index contributed by atoms with van der Waals surface area (Å²) in [5, 5.41) is 4.40. The molecular weight excluding hydrogens is 369 g/mol. The number of benzene rings is 1. The Morgan fingerprint density at radius 1 is 1.11 bits per heavy atom. The second-order valence-corrected chi connectivity index (χ2v) is 6.36. The summed E-state index contributed by atoms with van der Waals surface area (Å²) in [6.45, 7) is 7.43. The van der Waals surface area contributed by atoms with Crippen molar-refractivity contribution in [2.75, 3.05) is 0 Å². The fourth-order valence-corrected chi connectivity index (χ4v) is 2.95. The van der Waals surface area contributed by atoms with E-state index in [1.54, 1.807) is 12.1 Å². The van der Waals surface area contributed by atoms with Crippen LogP contribution in [0.4, 0.5) is 19.0 Å². The molecule has 0 amide bonds. The summed E-state index contributed by atoms with van der Waals surface area (Å²) in [6.07, 6.45) is 2.69. The van der Waals surface area contributed by atoms with Gasteiger partial charge in [-0.25, -0.2) is 23.1 Å². The standard InChI is InChI=1S/C19H13F3N6/c1-19(21,22)10-27-11-25-17(12-3-5-13(20)6-4-12)18(27)14-7-8-15-24-9-16(23-2)28(15)26-14/h3-9,11H,10H2,1H3. The third kappa shape index (κ3) is 3.20. The second-order valence-electron chi connectivity index (χ2n) is 6.36. The number of alkyl halides is 2. The first-order valence-electron chi connectivity index (χ1n) is 8.27. The molecule has 0 fully saturated rings. The molecule has 0 saturated carbocycles. The van der Waals surface area contributed by atoms with Crippen molar-refractivity contribution >= 4 is 11.5 Å². The van der Waals surface area contributed by atoms with Crippen molar-refractivity contribution in [1.29, 1.82) is 0 Å². The van der Waals surface area contributed by atoms with E-state index < -0.39 is 18.3 Å². The summed E-state index contributed by atoms with van der Waals surface area (Å²) in [4.78, 5) is 11.7. The van der Waals surface area contributed by atoms with Crippen LogP contribution in [-0.4, -0.2) is 30.1 Å². The van der Waals surface area contributed by atoms with Crippen LogP contribution in [0.5, 0.6) is 0 Å². The minimum absolute atomic E-state index is 0.201. The Kier molecular flexibility index (Phi) is 4.11. The van der Waals surface area contributed by atoms with Crippen LogP contribution >= 0.6 is 0 Å². The van der Waals surface area contributed by atoms with E-state index in [0.717, 1.165) is 6.92 Å². The highest BCUT2D eigenvalue weighted by molar-refractivity contribution is 5.77. The van der Waals surface area contributed by atoms with Gasteiger partial charge in [0.25, 0.3) is 11.7 Å². The summed E-state index contributed by atoms with van der Waals surface area (Å²) < 4.78 is 43.4. The van der Waals surface area contributed by atoms with Gasteiger partial charge in [-0.3, -0.25) is 0 Å². The van der Waals surface area contributed by atoms with Crippen LogP contribution in [0.3, 0.4) is 0 Å². The minimum atomic E-state index is -2.98. The van der Waals surface area contributed by atoms with E-state index in [2.05, 4.69) is 19.9 Å². The normalized spacial score (nSPS) is 11.7. The molecule has 1 aromatic carbocycles. The Hall–Kier alpha value is -3.67. The molecule has 28 heavy (non-hydrogen) atoms. The molecule has 0 bridgehead atoms. The van der Waals surface area contributed by atoms with Crippen LogP contribution in [0.2, 0.25) is 0 Å². The number of rotatable bonds is 4. The Bertz CT molecular complexity index is 1200. The number of hydrogen-bond donors (Lipinski definition) is 0. The first kappa shape index (κ1) is 17.7. The summed E-state index contributed by atoms with van der Waals surface area (Å²) in [6, 6.07) is 8.87. The molecule has 6 nitrogen and oxygen atoms in total. The highest BCUT2D eigenvalue weighted by atomic mass is 19.3. The molecule has 0 radical (unpaired) electrons. The predicted octanol–water partition coefficient (Wildman–Crippen LogP) is 4.60. The molecule has 3 heterocycles. The second kappa shape index (κ2) is 6.49. The maximum atomic E-state index is 13.7. The third-order valence-electron chi connectivity index (χ3n) is 4.10. The molecule has 9 heteroatoms. The molecule has 0 aliphatic rings. The molecule has 4 aromatic rings. The molecule has 140 valence electrons. The molecule has 0 spiro atoms. The van der Waals surface area contributed by atoms with E-state index in [0.29, 0.717) is 28.3 Å². The smallest absolute Gasteiger partial charge is 0.275 e. The van der Waals surface area contributed by atoms with Gasteiger partial charge in [-0.1, -0.05) is 11.7 Å². The largest absolute Gasteiger partial charge is 0.360 e. The van der Waals surface area contributed by atoms with Gasteiger partial charge in [0.05, 0.1) is 30.5 Å². The first-order chi connectivity index (χ1) is 13.4. The van der Waals surface area contributed by atoms with Gasteiger partial charge in [-0.2, -0.15) is 0 Å². The van der Waals surface area contributed by atoms with Gasteiger partial charge in [0.1, 0.15) is 11.5 Å². The number of fused-ring (bicyclic) bond motifs is 1. The Morgan fingerprint density at radius 2 is 1.86 bits per heavy atom. The Balaban J connectivity index is 1.94. The van der Waals surface area contributed by atoms with Gasteiger partial charge in [0, 0.05) is 18.6 Å². The zero-order valence-corrected chi connectivity index (χ0v) is 14.6. The van der Waals surface area contributed by atoms with Crippen molar-refractivity contribution in [2.45, 2.75) is 19.4 Å². The van der Waals surface area contributed by atoms with Gasteiger partial charge in [-0.05, 0) is 30.3 Å². The molecule has 0 N–H and O–H groups in total. The lowest BCUT2D eigenvalue weighted by molar-refractivity contribution is 0.00429. The quantitative estimate of drug-likeness (QED) is 0.485. The van der Waals surface area contributed by atoms with Gasteiger partial charge >= 0.3 is 0 Å². The summed E-state index contributed by atoms with van der Waals surface area (Å²) in [7, 11) is 0. The molecular formula is C19H13F3N6. The van der Waals surface area contributed by atoms with Crippen LogP contribution in [0.25, 0.3) is 33.1 Å². The predicted molar refractivity (Wildman–Crippen MR) is 96.5 cm³/mol. The zero-order chi connectivity index (χ0) is 19.9. The summed E-state index contributed by atoms with van der Waals surface area (Å²) in [5.74, 6) is -3.19.